The van der Waals surface area contributed by atoms with Crippen LogP contribution in [0.2, 0.25) is 5.02 Å². The summed E-state index contributed by atoms with van der Waals surface area (Å²) in [6, 6.07) is 13.6. The Morgan fingerprint density at radius 2 is 2.06 bits per heavy atom. The fourth-order valence-corrected chi connectivity index (χ4v) is 5.46. The molecule has 1 fully saturated rings. The summed E-state index contributed by atoms with van der Waals surface area (Å²) in [5.74, 6) is 0.688. The van der Waals surface area contributed by atoms with Crippen LogP contribution in [-0.4, -0.2) is 47.9 Å². The Morgan fingerprint density at radius 1 is 1.25 bits per heavy atom. The van der Waals surface area contributed by atoms with Crippen molar-refractivity contribution in [1.82, 2.24) is 20.6 Å². The first kappa shape index (κ1) is 26.3. The van der Waals surface area contributed by atoms with E-state index in [1.807, 2.05) is 42.5 Å². The van der Waals surface area contributed by atoms with Crippen LogP contribution < -0.4 is 10.6 Å². The second-order valence-electron chi connectivity index (χ2n) is 9.76. The third kappa shape index (κ3) is 5.48. The summed E-state index contributed by atoms with van der Waals surface area (Å²) >= 11 is 6.83. The molecule has 2 atom stereocenters. The zero-order chi connectivity index (χ0) is 25.7. The van der Waals surface area contributed by atoms with Gasteiger partial charge < -0.3 is 20.5 Å². The molecule has 1 saturated heterocycles. The van der Waals surface area contributed by atoms with E-state index < -0.39 is 11.7 Å². The quantitative estimate of drug-likeness (QED) is 0.351. The number of aromatic nitrogens is 2. The lowest BCUT2D eigenvalue weighted by Crippen LogP contribution is -2.45. The van der Waals surface area contributed by atoms with Crippen molar-refractivity contribution < 1.29 is 14.6 Å². The number of methoxy groups -OCH3 is 1. The van der Waals surface area contributed by atoms with Crippen LogP contribution >= 0.6 is 11.6 Å². The van der Waals surface area contributed by atoms with E-state index in [1.165, 1.54) is 7.11 Å². The van der Waals surface area contributed by atoms with Crippen molar-refractivity contribution in [3.8, 4) is 11.4 Å². The highest BCUT2D eigenvalue weighted by Gasteiger charge is 2.41. The van der Waals surface area contributed by atoms with E-state index in [4.69, 9.17) is 21.6 Å². The number of piperidine rings is 1. The summed E-state index contributed by atoms with van der Waals surface area (Å²) in [5.41, 5.74) is 2.01. The van der Waals surface area contributed by atoms with E-state index in [1.54, 1.807) is 0 Å². The van der Waals surface area contributed by atoms with Crippen LogP contribution in [-0.2, 0) is 10.3 Å². The first-order valence-corrected chi connectivity index (χ1v) is 13.0. The topological polar surface area (TPSA) is 96.4 Å². The van der Waals surface area contributed by atoms with Crippen molar-refractivity contribution in [1.29, 1.82) is 0 Å². The fourth-order valence-electron chi connectivity index (χ4n) is 5.20. The molecule has 0 bridgehead atoms. The molecule has 192 valence electrons. The number of para-hydroxylation sites is 1. The second kappa shape index (κ2) is 11.5. The predicted octanol–water partition coefficient (Wildman–Crippen LogP) is 5.40. The molecule has 1 amide bonds. The molecule has 0 radical (unpaired) electrons. The van der Waals surface area contributed by atoms with Crippen LogP contribution in [0.5, 0.6) is 0 Å². The number of hydrogen-bond acceptors (Lipinski definition) is 6. The van der Waals surface area contributed by atoms with Gasteiger partial charge >= 0.3 is 6.09 Å². The van der Waals surface area contributed by atoms with Crippen LogP contribution in [0.15, 0.2) is 42.5 Å². The molecule has 8 heteroatoms. The van der Waals surface area contributed by atoms with Gasteiger partial charge in [-0.15, -0.1) is 0 Å². The zero-order valence-corrected chi connectivity index (χ0v) is 21.9. The molecule has 7 nitrogen and oxygen atoms in total. The van der Waals surface area contributed by atoms with E-state index in [2.05, 4.69) is 29.2 Å². The number of alkyl carbamates (subject to hydrolysis) is 1. The number of rotatable bonds is 8. The molecule has 2 heterocycles. The van der Waals surface area contributed by atoms with Gasteiger partial charge in [0.1, 0.15) is 0 Å². The van der Waals surface area contributed by atoms with Crippen LogP contribution in [0.4, 0.5) is 4.79 Å². The highest BCUT2D eigenvalue weighted by Crippen LogP contribution is 2.44. The first-order valence-electron chi connectivity index (χ1n) is 12.7. The molecule has 1 aliphatic heterocycles. The Bertz CT molecular complexity index is 1210. The monoisotopic (exact) mass is 510 g/mol. The normalized spacial score (nSPS) is 17.7. The number of nitrogens with one attached hydrogen (secondary N) is 2. The Hall–Kier alpha value is -2.74. The maximum absolute atomic E-state index is 12.4. The van der Waals surface area contributed by atoms with E-state index in [9.17, 15) is 9.90 Å². The van der Waals surface area contributed by atoms with Gasteiger partial charge in [-0.3, -0.25) is 0 Å². The van der Waals surface area contributed by atoms with Gasteiger partial charge in [0.05, 0.1) is 28.9 Å². The number of amides is 1. The molecule has 4 rings (SSSR count). The molecule has 1 aliphatic rings. The third-order valence-corrected chi connectivity index (χ3v) is 7.36. The Morgan fingerprint density at radius 3 is 2.78 bits per heavy atom. The van der Waals surface area contributed by atoms with Gasteiger partial charge in [0.25, 0.3) is 0 Å². The molecule has 3 aromatic rings. The number of halogens is 1. The van der Waals surface area contributed by atoms with E-state index >= 15 is 0 Å². The van der Waals surface area contributed by atoms with Crippen molar-refractivity contribution >= 4 is 28.6 Å². The minimum absolute atomic E-state index is 0.0216. The zero-order valence-electron chi connectivity index (χ0n) is 21.2. The summed E-state index contributed by atoms with van der Waals surface area (Å²) in [7, 11) is 1.34. The van der Waals surface area contributed by atoms with E-state index in [-0.39, 0.29) is 11.8 Å². The highest BCUT2D eigenvalue weighted by molar-refractivity contribution is 6.33. The summed E-state index contributed by atoms with van der Waals surface area (Å²) in [6.45, 7) is 6.26. The molecular weight excluding hydrogens is 476 g/mol. The van der Waals surface area contributed by atoms with Crippen molar-refractivity contribution in [2.45, 2.75) is 51.0 Å². The van der Waals surface area contributed by atoms with Crippen LogP contribution in [0.1, 0.15) is 56.7 Å². The van der Waals surface area contributed by atoms with Gasteiger partial charge in [0.15, 0.2) is 5.82 Å². The van der Waals surface area contributed by atoms with E-state index in [0.717, 1.165) is 41.5 Å². The summed E-state index contributed by atoms with van der Waals surface area (Å²) in [4.78, 5) is 21.4. The number of carbonyl (C=O) groups is 1. The average Bonchev–Trinajstić information content (AvgIpc) is 2.90. The molecule has 1 aromatic heterocycles. The first-order chi connectivity index (χ1) is 17.3. The minimum atomic E-state index is -1.18. The van der Waals surface area contributed by atoms with Gasteiger partial charge in [0, 0.05) is 30.0 Å². The molecule has 0 spiro atoms. The van der Waals surface area contributed by atoms with Crippen LogP contribution in [0, 0.1) is 5.92 Å². The molecule has 1 unspecified atom stereocenters. The predicted molar refractivity (Wildman–Crippen MR) is 143 cm³/mol. The standard InChI is InChI=1S/C28H35ClN4O3/c1-18(2)25-20-10-4-5-13-23(20)32-26(33-25)24-21(11-6-12-22(24)29)28(35,19-9-7-15-30-17-19)14-8-16-31-27(34)36-3/h4-6,10-13,18-19,30,35H,7-9,14-17H2,1-3H3,(H,31,34)/t19-,28?/m1/s1. The van der Waals surface area contributed by atoms with Gasteiger partial charge in [-0.05, 0) is 55.8 Å². The minimum Gasteiger partial charge on any atom is -0.453 e. The molecule has 0 aliphatic carbocycles. The molecule has 3 N–H and O–H groups in total. The van der Waals surface area contributed by atoms with Crippen LogP contribution in [0.3, 0.4) is 0 Å². The lowest BCUT2D eigenvalue weighted by molar-refractivity contribution is -0.0416. The lowest BCUT2D eigenvalue weighted by atomic mass is 9.73. The summed E-state index contributed by atoms with van der Waals surface area (Å²) in [5, 5.41) is 20.1. The molecule has 2 aromatic carbocycles. The number of ether oxygens (including phenoxy) is 1. The van der Waals surface area contributed by atoms with Gasteiger partial charge in [-0.25, -0.2) is 14.8 Å². The maximum Gasteiger partial charge on any atom is 0.406 e. The Labute approximate surface area is 217 Å². The van der Waals surface area contributed by atoms with Crippen LogP contribution in [0.25, 0.3) is 22.3 Å². The second-order valence-corrected chi connectivity index (χ2v) is 10.2. The molecule has 0 saturated carbocycles. The smallest absolute Gasteiger partial charge is 0.406 e. The summed E-state index contributed by atoms with van der Waals surface area (Å²) in [6.07, 6.45) is 2.40. The van der Waals surface area contributed by atoms with Crippen molar-refractivity contribution in [3.63, 3.8) is 0 Å². The van der Waals surface area contributed by atoms with E-state index in [0.29, 0.717) is 42.3 Å². The number of nitrogens with zero attached hydrogens (tertiary/aromatic N) is 2. The van der Waals surface area contributed by atoms with Crippen molar-refractivity contribution in [2.75, 3.05) is 26.7 Å². The Kier molecular flexibility index (Phi) is 8.44. The Balaban J connectivity index is 1.82. The van der Waals surface area contributed by atoms with Gasteiger partial charge in [0.2, 0.25) is 0 Å². The highest BCUT2D eigenvalue weighted by atomic mass is 35.5. The average molecular weight is 511 g/mol. The number of carbonyl (C=O) groups excluding carboxylic acids is 1. The summed E-state index contributed by atoms with van der Waals surface area (Å²) < 4.78 is 4.69. The van der Waals surface area contributed by atoms with Gasteiger partial charge in [-0.1, -0.05) is 55.8 Å². The lowest BCUT2D eigenvalue weighted by Gasteiger charge is -2.40. The number of fused-ring (bicyclic) bond motifs is 1. The number of benzene rings is 2. The maximum atomic E-state index is 12.4. The largest absolute Gasteiger partial charge is 0.453 e. The third-order valence-electron chi connectivity index (χ3n) is 7.04. The number of aliphatic hydroxyl groups is 1. The van der Waals surface area contributed by atoms with Gasteiger partial charge in [-0.2, -0.15) is 0 Å². The fraction of sp³-hybridized carbons (Fsp3) is 0.464. The van der Waals surface area contributed by atoms with Crippen molar-refractivity contribution in [3.05, 3.63) is 58.7 Å². The molecule has 36 heavy (non-hydrogen) atoms. The number of hydrogen-bond donors (Lipinski definition) is 3. The van der Waals surface area contributed by atoms with Crippen molar-refractivity contribution in [2.24, 2.45) is 5.92 Å². The SMILES string of the molecule is COC(=O)NCCCC(O)(c1cccc(Cl)c1-c1nc(C(C)C)c2ccccc2n1)[C@@H]1CCCNC1. The molecular formula is C28H35ClN4O3.